The van der Waals surface area contributed by atoms with Crippen LogP contribution in [-0.2, 0) is 26.3 Å². The molecular formula is C14H18ClN3O5S2. The summed E-state index contributed by atoms with van der Waals surface area (Å²) in [6.07, 6.45) is 0.787. The second-order valence-electron chi connectivity index (χ2n) is 5.39. The molecule has 2 atom stereocenters. The Morgan fingerprint density at radius 3 is 2.84 bits per heavy atom. The molecule has 0 aliphatic carbocycles. The molecule has 0 saturated carbocycles. The molecule has 1 saturated heterocycles. The van der Waals surface area contributed by atoms with Gasteiger partial charge in [0.05, 0.1) is 0 Å². The number of hydrogen-bond donors (Lipinski definition) is 3. The molecule has 1 aliphatic rings. The van der Waals surface area contributed by atoms with E-state index in [4.69, 9.17) is 11.6 Å². The number of rotatable bonds is 8. The number of carbonyl (C=O) groups is 2. The highest BCUT2D eigenvalue weighted by atomic mass is 35.5. The number of carbonyl (C=O) groups excluding carboxylic acids is 1. The van der Waals surface area contributed by atoms with Crippen molar-refractivity contribution in [3.63, 3.8) is 0 Å². The molecule has 1 aromatic rings. The lowest BCUT2D eigenvalue weighted by Crippen LogP contribution is -2.52. The van der Waals surface area contributed by atoms with Crippen LogP contribution in [0, 0.1) is 0 Å². The molecule has 8 nitrogen and oxygen atoms in total. The van der Waals surface area contributed by atoms with Crippen molar-refractivity contribution in [2.45, 2.75) is 25.2 Å². The molecule has 0 radical (unpaired) electrons. The fourth-order valence-electron chi connectivity index (χ4n) is 2.37. The first-order valence-corrected chi connectivity index (χ1v) is 10.5. The monoisotopic (exact) mass is 407 g/mol. The number of carboxylic acids is 1. The zero-order valence-electron chi connectivity index (χ0n) is 13.3. The van der Waals surface area contributed by atoms with E-state index in [0.717, 1.165) is 4.31 Å². The number of aliphatic carboxylic acids is 1. The van der Waals surface area contributed by atoms with Crippen LogP contribution < -0.4 is 10.0 Å². The van der Waals surface area contributed by atoms with Gasteiger partial charge in [-0.2, -0.15) is 24.5 Å². The lowest BCUT2D eigenvalue weighted by atomic mass is 10.2. The molecule has 11 heteroatoms. The maximum absolute atomic E-state index is 12.2. The van der Waals surface area contributed by atoms with Crippen LogP contribution in [-0.4, -0.2) is 53.9 Å². The summed E-state index contributed by atoms with van der Waals surface area (Å²) in [6.45, 7) is -0.117. The maximum atomic E-state index is 12.2. The highest BCUT2D eigenvalue weighted by Gasteiger charge is 2.45. The number of nitrogens with one attached hydrogen (secondary N) is 2. The molecule has 1 aliphatic heterocycles. The first-order valence-electron chi connectivity index (χ1n) is 7.30. The second kappa shape index (κ2) is 8.37. The maximum Gasteiger partial charge on any atom is 0.320 e. The molecule has 1 heterocycles. The first kappa shape index (κ1) is 20.0. The molecule has 0 spiro atoms. The highest BCUT2D eigenvalue weighted by Crippen LogP contribution is 2.20. The van der Waals surface area contributed by atoms with Crippen LogP contribution in [0.25, 0.3) is 0 Å². The minimum absolute atomic E-state index is 0.117. The summed E-state index contributed by atoms with van der Waals surface area (Å²) in [4.78, 5) is 23.5. The van der Waals surface area contributed by atoms with E-state index in [-0.39, 0.29) is 13.0 Å². The van der Waals surface area contributed by atoms with Crippen molar-refractivity contribution in [1.82, 2.24) is 14.3 Å². The Kier molecular flexibility index (Phi) is 6.69. The van der Waals surface area contributed by atoms with Gasteiger partial charge >= 0.3 is 16.2 Å². The van der Waals surface area contributed by atoms with Crippen LogP contribution in [0.4, 0.5) is 0 Å². The molecule has 1 amide bonds. The third-order valence-corrected chi connectivity index (χ3v) is 5.87. The van der Waals surface area contributed by atoms with Crippen molar-refractivity contribution < 1.29 is 23.1 Å². The van der Waals surface area contributed by atoms with E-state index in [1.54, 1.807) is 24.3 Å². The van der Waals surface area contributed by atoms with Crippen molar-refractivity contribution in [1.29, 1.82) is 0 Å². The zero-order chi connectivity index (χ0) is 18.6. The summed E-state index contributed by atoms with van der Waals surface area (Å²) in [6, 6.07) is 5.52. The van der Waals surface area contributed by atoms with Gasteiger partial charge in [-0.1, -0.05) is 23.7 Å². The van der Waals surface area contributed by atoms with Gasteiger partial charge < -0.3 is 5.11 Å². The lowest BCUT2D eigenvalue weighted by molar-refractivity contribution is -0.140. The number of halogens is 1. The Morgan fingerprint density at radius 1 is 1.52 bits per heavy atom. The van der Waals surface area contributed by atoms with Gasteiger partial charge in [0.15, 0.2) is 6.17 Å². The predicted molar refractivity (Wildman–Crippen MR) is 95.4 cm³/mol. The Labute approximate surface area is 155 Å². The van der Waals surface area contributed by atoms with Crippen molar-refractivity contribution in [2.24, 2.45) is 0 Å². The fraction of sp³-hybridized carbons (Fsp3) is 0.429. The van der Waals surface area contributed by atoms with E-state index < -0.39 is 34.3 Å². The Morgan fingerprint density at radius 2 is 2.24 bits per heavy atom. The summed E-state index contributed by atoms with van der Waals surface area (Å²) in [5.41, 5.74) is 0.579. The SMILES string of the molecule is CSCC[C@H](N[C@H]1C(=O)NS(=O)(=O)N1Cc1cccc(Cl)c1)C(=O)O. The number of carboxylic acid groups (broad SMARTS) is 1. The van der Waals surface area contributed by atoms with Crippen molar-refractivity contribution in [3.05, 3.63) is 34.9 Å². The van der Waals surface area contributed by atoms with Gasteiger partial charge in [0.25, 0.3) is 5.91 Å². The van der Waals surface area contributed by atoms with E-state index in [2.05, 4.69) is 5.32 Å². The molecular weight excluding hydrogens is 390 g/mol. The summed E-state index contributed by atoms with van der Waals surface area (Å²) in [5.74, 6) is -1.40. The topological polar surface area (TPSA) is 116 Å². The molecule has 1 aromatic carbocycles. The molecule has 2 rings (SSSR count). The fourth-order valence-corrected chi connectivity index (χ4v) is 4.29. The van der Waals surface area contributed by atoms with Gasteiger partial charge in [0.2, 0.25) is 0 Å². The van der Waals surface area contributed by atoms with Crippen molar-refractivity contribution >= 4 is 45.4 Å². The average molecular weight is 408 g/mol. The molecule has 3 N–H and O–H groups in total. The van der Waals surface area contributed by atoms with E-state index in [1.165, 1.54) is 11.8 Å². The highest BCUT2D eigenvalue weighted by molar-refractivity contribution is 7.98. The molecule has 138 valence electrons. The quantitative estimate of drug-likeness (QED) is 0.579. The van der Waals surface area contributed by atoms with Crippen LogP contribution in [0.15, 0.2) is 24.3 Å². The number of nitrogens with zero attached hydrogens (tertiary/aromatic N) is 1. The van der Waals surface area contributed by atoms with Gasteiger partial charge in [-0.25, -0.2) is 4.72 Å². The van der Waals surface area contributed by atoms with Crippen LogP contribution in [0.2, 0.25) is 5.02 Å². The average Bonchev–Trinajstić information content (AvgIpc) is 2.72. The summed E-state index contributed by atoms with van der Waals surface area (Å²) in [7, 11) is -4.06. The van der Waals surface area contributed by atoms with Crippen LogP contribution in [0.1, 0.15) is 12.0 Å². The van der Waals surface area contributed by atoms with Gasteiger partial charge in [0.1, 0.15) is 6.04 Å². The van der Waals surface area contributed by atoms with Crippen LogP contribution >= 0.6 is 23.4 Å². The van der Waals surface area contributed by atoms with E-state index in [0.29, 0.717) is 16.3 Å². The van der Waals surface area contributed by atoms with Gasteiger partial charge in [-0.05, 0) is 36.1 Å². The molecule has 1 fully saturated rings. The molecule has 25 heavy (non-hydrogen) atoms. The number of benzene rings is 1. The molecule has 0 aromatic heterocycles. The van der Waals surface area contributed by atoms with E-state index in [1.807, 2.05) is 11.0 Å². The largest absolute Gasteiger partial charge is 0.480 e. The minimum atomic E-state index is -4.06. The smallest absolute Gasteiger partial charge is 0.320 e. The zero-order valence-corrected chi connectivity index (χ0v) is 15.7. The van der Waals surface area contributed by atoms with Gasteiger partial charge in [0, 0.05) is 11.6 Å². The summed E-state index contributed by atoms with van der Waals surface area (Å²) < 4.78 is 27.2. The molecule has 0 bridgehead atoms. The predicted octanol–water partition coefficient (Wildman–Crippen LogP) is 0.639. The number of amides is 1. The van der Waals surface area contributed by atoms with E-state index in [9.17, 15) is 23.1 Å². The van der Waals surface area contributed by atoms with Crippen LogP contribution in [0.3, 0.4) is 0 Å². The normalized spacial score (nSPS) is 21.0. The number of thioether (sulfide) groups is 1. The third kappa shape index (κ3) is 5.08. The van der Waals surface area contributed by atoms with E-state index >= 15 is 0 Å². The summed E-state index contributed by atoms with van der Waals surface area (Å²) in [5, 5.41) is 12.4. The van der Waals surface area contributed by atoms with Gasteiger partial charge in [-0.15, -0.1) is 0 Å². The van der Waals surface area contributed by atoms with Crippen molar-refractivity contribution in [2.75, 3.05) is 12.0 Å². The summed E-state index contributed by atoms with van der Waals surface area (Å²) >= 11 is 7.36. The Hall–Kier alpha value is -1.33. The number of hydrogen-bond acceptors (Lipinski definition) is 6. The standard InChI is InChI=1S/C14H18ClN3O5S2/c1-24-6-5-11(14(20)21)16-12-13(19)17-25(22,23)18(12)8-9-3-2-4-10(15)7-9/h2-4,7,11-12,16H,5-6,8H2,1H3,(H,17,19)(H,20,21)/t11-,12+/m0/s1. The third-order valence-electron chi connectivity index (χ3n) is 3.57. The Bertz CT molecular complexity index is 759. The Balaban J connectivity index is 2.23. The molecule has 0 unspecified atom stereocenters. The van der Waals surface area contributed by atoms with Crippen molar-refractivity contribution in [3.8, 4) is 0 Å². The minimum Gasteiger partial charge on any atom is -0.480 e. The lowest BCUT2D eigenvalue weighted by Gasteiger charge is -2.24. The van der Waals surface area contributed by atoms with Crippen LogP contribution in [0.5, 0.6) is 0 Å². The first-order chi connectivity index (χ1) is 11.7. The van der Waals surface area contributed by atoms with Gasteiger partial charge in [-0.3, -0.25) is 14.9 Å². The second-order valence-corrected chi connectivity index (χ2v) is 8.43.